The van der Waals surface area contributed by atoms with Crippen LogP contribution < -0.4 is 5.73 Å². The summed E-state index contributed by atoms with van der Waals surface area (Å²) in [6.07, 6.45) is 4.26. The molecule has 0 amide bonds. The fraction of sp³-hybridized carbons (Fsp3) is 0.800. The third-order valence-electron chi connectivity index (χ3n) is 2.60. The summed E-state index contributed by atoms with van der Waals surface area (Å²) < 4.78 is 5.19. The molecular formula is C10H17N3OS. The van der Waals surface area contributed by atoms with Crippen LogP contribution in [-0.2, 0) is 12.8 Å². The fourth-order valence-electron chi connectivity index (χ4n) is 1.82. The van der Waals surface area contributed by atoms with Crippen molar-refractivity contribution >= 4 is 11.8 Å². The Balaban J connectivity index is 1.86. The van der Waals surface area contributed by atoms with Gasteiger partial charge in [0.25, 0.3) is 0 Å². The summed E-state index contributed by atoms with van der Waals surface area (Å²) in [6, 6.07) is 0. The van der Waals surface area contributed by atoms with Gasteiger partial charge in [0.2, 0.25) is 5.89 Å². The highest BCUT2D eigenvalue weighted by Crippen LogP contribution is 2.25. The lowest BCUT2D eigenvalue weighted by atomic mass is 10.0. The van der Waals surface area contributed by atoms with Crippen molar-refractivity contribution in [2.75, 3.05) is 18.1 Å². The highest BCUT2D eigenvalue weighted by molar-refractivity contribution is 7.99. The van der Waals surface area contributed by atoms with Crippen molar-refractivity contribution in [2.24, 2.45) is 11.7 Å². The molecule has 0 aromatic carbocycles. The van der Waals surface area contributed by atoms with E-state index in [4.69, 9.17) is 10.3 Å². The number of thioether (sulfide) groups is 1. The lowest BCUT2D eigenvalue weighted by Gasteiger charge is -2.19. The lowest BCUT2D eigenvalue weighted by Crippen LogP contribution is -2.13. The van der Waals surface area contributed by atoms with Crippen LogP contribution in [-0.4, -0.2) is 28.2 Å². The molecule has 1 aliphatic heterocycles. The third-order valence-corrected chi connectivity index (χ3v) is 3.88. The van der Waals surface area contributed by atoms with Crippen LogP contribution in [0.2, 0.25) is 0 Å². The number of hydrogen-bond donors (Lipinski definition) is 1. The Bertz CT molecular complexity index is 297. The normalized spacial score (nSPS) is 21.8. The maximum Gasteiger partial charge on any atom is 0.226 e. The molecule has 1 saturated heterocycles. The topological polar surface area (TPSA) is 64.9 Å². The third kappa shape index (κ3) is 3.21. The zero-order valence-corrected chi connectivity index (χ0v) is 9.63. The zero-order valence-electron chi connectivity index (χ0n) is 8.82. The molecular weight excluding hydrogens is 210 g/mol. The van der Waals surface area contributed by atoms with Crippen molar-refractivity contribution in [1.82, 2.24) is 10.1 Å². The van der Waals surface area contributed by atoms with Gasteiger partial charge in [-0.2, -0.15) is 16.7 Å². The second-order valence-corrected chi connectivity index (χ2v) is 5.08. The lowest BCUT2D eigenvalue weighted by molar-refractivity contribution is 0.349. The van der Waals surface area contributed by atoms with Gasteiger partial charge in [-0.25, -0.2) is 0 Å². The van der Waals surface area contributed by atoms with Crippen LogP contribution in [0.25, 0.3) is 0 Å². The summed E-state index contributed by atoms with van der Waals surface area (Å²) >= 11 is 2.03. The van der Waals surface area contributed by atoms with Crippen molar-refractivity contribution in [3.8, 4) is 0 Å². The quantitative estimate of drug-likeness (QED) is 0.838. The Kier molecular flexibility index (Phi) is 4.02. The summed E-state index contributed by atoms with van der Waals surface area (Å²) in [5.74, 6) is 4.78. The molecule has 0 radical (unpaired) electrons. The Labute approximate surface area is 94.0 Å². The average molecular weight is 227 g/mol. The summed E-state index contributed by atoms with van der Waals surface area (Å²) in [5, 5.41) is 3.90. The van der Waals surface area contributed by atoms with E-state index in [1.807, 2.05) is 11.8 Å². The molecule has 0 saturated carbocycles. The molecule has 5 heteroatoms. The number of aromatic nitrogens is 2. The smallest absolute Gasteiger partial charge is 0.226 e. The predicted molar refractivity (Wildman–Crippen MR) is 60.8 cm³/mol. The molecule has 0 spiro atoms. The first-order valence-corrected chi connectivity index (χ1v) is 6.63. The van der Waals surface area contributed by atoms with E-state index in [1.54, 1.807) is 0 Å². The van der Waals surface area contributed by atoms with E-state index in [0.717, 1.165) is 24.1 Å². The Morgan fingerprint density at radius 3 is 3.20 bits per heavy atom. The predicted octanol–water partition coefficient (Wildman–Crippen LogP) is 1.26. The van der Waals surface area contributed by atoms with E-state index >= 15 is 0 Å². The Morgan fingerprint density at radius 1 is 1.53 bits per heavy atom. The standard InChI is InChI=1S/C10H17N3OS/c11-4-3-9-12-10(14-13-9)6-8-2-1-5-15-7-8/h8H,1-7,11H2. The molecule has 2 rings (SSSR count). The van der Waals surface area contributed by atoms with Gasteiger partial charge in [0.05, 0.1) is 0 Å². The van der Waals surface area contributed by atoms with Gasteiger partial charge in [-0.05, 0) is 36.8 Å². The van der Waals surface area contributed by atoms with Gasteiger partial charge in [0.15, 0.2) is 5.82 Å². The largest absolute Gasteiger partial charge is 0.339 e. The zero-order chi connectivity index (χ0) is 10.5. The van der Waals surface area contributed by atoms with Gasteiger partial charge in [-0.15, -0.1) is 0 Å². The first-order valence-electron chi connectivity index (χ1n) is 5.47. The molecule has 2 heterocycles. The highest BCUT2D eigenvalue weighted by atomic mass is 32.2. The molecule has 4 nitrogen and oxygen atoms in total. The van der Waals surface area contributed by atoms with Crippen molar-refractivity contribution in [2.45, 2.75) is 25.7 Å². The summed E-state index contributed by atoms with van der Waals surface area (Å²) in [4.78, 5) is 4.33. The first kappa shape index (κ1) is 11.0. The van der Waals surface area contributed by atoms with Crippen LogP contribution in [0.1, 0.15) is 24.6 Å². The van der Waals surface area contributed by atoms with Crippen molar-refractivity contribution in [1.29, 1.82) is 0 Å². The molecule has 84 valence electrons. The van der Waals surface area contributed by atoms with Crippen LogP contribution in [0.4, 0.5) is 0 Å². The van der Waals surface area contributed by atoms with Gasteiger partial charge in [0, 0.05) is 12.8 Å². The van der Waals surface area contributed by atoms with Crippen LogP contribution in [0.5, 0.6) is 0 Å². The van der Waals surface area contributed by atoms with E-state index in [9.17, 15) is 0 Å². The molecule has 1 fully saturated rings. The molecule has 1 aromatic heterocycles. The maximum atomic E-state index is 5.43. The number of rotatable bonds is 4. The van der Waals surface area contributed by atoms with E-state index < -0.39 is 0 Å². The van der Waals surface area contributed by atoms with Crippen LogP contribution >= 0.6 is 11.8 Å². The minimum absolute atomic E-state index is 0.582. The number of nitrogens with two attached hydrogens (primary N) is 1. The fourth-order valence-corrected chi connectivity index (χ4v) is 2.97. The molecule has 1 unspecified atom stereocenters. The molecule has 1 aliphatic rings. The van der Waals surface area contributed by atoms with Gasteiger partial charge >= 0.3 is 0 Å². The van der Waals surface area contributed by atoms with Gasteiger partial charge in [-0.3, -0.25) is 0 Å². The van der Waals surface area contributed by atoms with Crippen LogP contribution in [0.3, 0.4) is 0 Å². The maximum absolute atomic E-state index is 5.43. The van der Waals surface area contributed by atoms with Crippen LogP contribution in [0, 0.1) is 5.92 Å². The van der Waals surface area contributed by atoms with E-state index in [0.29, 0.717) is 13.0 Å². The van der Waals surface area contributed by atoms with Crippen LogP contribution in [0.15, 0.2) is 4.52 Å². The minimum Gasteiger partial charge on any atom is -0.339 e. The molecule has 15 heavy (non-hydrogen) atoms. The Hall–Kier alpha value is -0.550. The molecule has 2 N–H and O–H groups in total. The van der Waals surface area contributed by atoms with Crippen molar-refractivity contribution in [3.05, 3.63) is 11.7 Å². The van der Waals surface area contributed by atoms with Crippen molar-refractivity contribution in [3.63, 3.8) is 0 Å². The van der Waals surface area contributed by atoms with Gasteiger partial charge < -0.3 is 10.3 Å². The SMILES string of the molecule is NCCc1noc(CC2CCCSC2)n1. The second-order valence-electron chi connectivity index (χ2n) is 3.93. The monoisotopic (exact) mass is 227 g/mol. The highest BCUT2D eigenvalue weighted by Gasteiger charge is 2.17. The summed E-state index contributed by atoms with van der Waals surface area (Å²) in [5.41, 5.74) is 5.43. The average Bonchev–Trinajstić information content (AvgIpc) is 2.68. The van der Waals surface area contributed by atoms with Gasteiger partial charge in [-0.1, -0.05) is 5.16 Å². The molecule has 0 aliphatic carbocycles. The minimum atomic E-state index is 0.582. The molecule has 0 bridgehead atoms. The van der Waals surface area contributed by atoms with E-state index in [-0.39, 0.29) is 0 Å². The second kappa shape index (κ2) is 5.51. The van der Waals surface area contributed by atoms with Crippen molar-refractivity contribution < 1.29 is 4.52 Å². The first-order chi connectivity index (χ1) is 7.38. The summed E-state index contributed by atoms with van der Waals surface area (Å²) in [7, 11) is 0. The van der Waals surface area contributed by atoms with E-state index in [1.165, 1.54) is 24.3 Å². The van der Waals surface area contributed by atoms with Gasteiger partial charge in [0.1, 0.15) is 0 Å². The Morgan fingerprint density at radius 2 is 2.47 bits per heavy atom. The van der Waals surface area contributed by atoms with E-state index in [2.05, 4.69) is 10.1 Å². The number of nitrogens with zero attached hydrogens (tertiary/aromatic N) is 2. The number of hydrogen-bond acceptors (Lipinski definition) is 5. The molecule has 1 atom stereocenters. The summed E-state index contributed by atoms with van der Waals surface area (Å²) in [6.45, 7) is 0.582. The molecule has 1 aromatic rings.